The first kappa shape index (κ1) is 32.0. The Morgan fingerprint density at radius 1 is 0.804 bits per heavy atom. The van der Waals surface area contributed by atoms with Crippen molar-refractivity contribution >= 4 is 11.6 Å². The van der Waals surface area contributed by atoms with Gasteiger partial charge in [-0.05, 0) is 73.0 Å². The summed E-state index contributed by atoms with van der Waals surface area (Å²) in [7, 11) is 0. The minimum absolute atomic E-state index is 0.00370. The number of carbonyl (C=O) groups is 1. The second-order valence-corrected chi connectivity index (χ2v) is 12.2. The number of piperidine rings is 2. The highest BCUT2D eigenvalue weighted by molar-refractivity contribution is 5.82. The number of nitrogens with one attached hydrogen (secondary N) is 1. The zero-order valence-corrected chi connectivity index (χ0v) is 25.0. The Bertz CT molecular complexity index is 1490. The highest BCUT2D eigenvalue weighted by Gasteiger charge is 2.33. The zero-order valence-electron chi connectivity index (χ0n) is 25.0. The number of likely N-dealkylation sites (tertiary alicyclic amines) is 1. The Morgan fingerprint density at radius 2 is 1.41 bits per heavy atom. The van der Waals surface area contributed by atoms with Crippen LogP contribution in [0, 0.1) is 0 Å². The molecule has 246 valence electrons. The molecule has 0 radical (unpaired) electrons. The van der Waals surface area contributed by atoms with Gasteiger partial charge in [0.25, 0.3) is 5.91 Å². The molecule has 1 atom stereocenters. The molecule has 3 heterocycles. The van der Waals surface area contributed by atoms with Crippen LogP contribution in [0.3, 0.4) is 0 Å². The van der Waals surface area contributed by atoms with E-state index in [9.17, 15) is 31.1 Å². The van der Waals surface area contributed by atoms with Gasteiger partial charge < -0.3 is 19.7 Å². The Kier molecular flexibility index (Phi) is 9.09. The molecule has 0 saturated carbocycles. The van der Waals surface area contributed by atoms with Crippen LogP contribution in [0.25, 0.3) is 0 Å². The lowest BCUT2D eigenvalue weighted by atomic mass is 10.0. The van der Waals surface area contributed by atoms with E-state index in [4.69, 9.17) is 9.47 Å². The molecule has 3 aliphatic heterocycles. The molecule has 3 aromatic rings. The Labute approximate surface area is 263 Å². The van der Waals surface area contributed by atoms with Crippen LogP contribution in [-0.2, 0) is 30.1 Å². The van der Waals surface area contributed by atoms with Crippen molar-refractivity contribution in [2.75, 3.05) is 31.1 Å². The summed E-state index contributed by atoms with van der Waals surface area (Å²) in [6.07, 6.45) is -6.02. The molecule has 0 spiro atoms. The quantitative estimate of drug-likeness (QED) is 0.284. The van der Waals surface area contributed by atoms with Gasteiger partial charge in [0.2, 0.25) is 0 Å². The number of nitrogens with zero attached hydrogens (tertiary/aromatic N) is 2. The number of ether oxygens (including phenoxy) is 2. The van der Waals surface area contributed by atoms with Crippen molar-refractivity contribution in [3.05, 3.63) is 89.0 Å². The van der Waals surface area contributed by atoms with Crippen molar-refractivity contribution in [2.24, 2.45) is 0 Å². The first-order valence-electron chi connectivity index (χ1n) is 15.5. The van der Waals surface area contributed by atoms with Gasteiger partial charge in [-0.1, -0.05) is 12.1 Å². The zero-order chi connectivity index (χ0) is 32.5. The molecule has 2 fully saturated rings. The molecule has 3 aliphatic rings. The Balaban J connectivity index is 0.931. The fourth-order valence-electron chi connectivity index (χ4n) is 6.32. The van der Waals surface area contributed by atoms with Gasteiger partial charge in [0.05, 0.1) is 11.1 Å². The van der Waals surface area contributed by atoms with Gasteiger partial charge in [0.1, 0.15) is 17.6 Å². The van der Waals surface area contributed by atoms with Gasteiger partial charge in [-0.25, -0.2) is 0 Å². The average Bonchev–Trinajstić information content (AvgIpc) is 3.46. The highest BCUT2D eigenvalue weighted by Crippen LogP contribution is 2.35. The van der Waals surface area contributed by atoms with Crippen molar-refractivity contribution in [1.82, 2.24) is 10.2 Å². The minimum atomic E-state index is -4.35. The maximum Gasteiger partial charge on any atom is 0.416 e. The van der Waals surface area contributed by atoms with Crippen molar-refractivity contribution in [3.63, 3.8) is 0 Å². The van der Waals surface area contributed by atoms with Crippen LogP contribution in [0.1, 0.15) is 47.9 Å². The van der Waals surface area contributed by atoms with E-state index >= 15 is 0 Å². The topological polar surface area (TPSA) is 54.0 Å². The molecule has 1 amide bonds. The fraction of sp³-hybridized carbons (Fsp3) is 0.441. The first-order valence-corrected chi connectivity index (χ1v) is 15.5. The Hall–Kier alpha value is -3.93. The monoisotopic (exact) mass is 647 g/mol. The summed E-state index contributed by atoms with van der Waals surface area (Å²) in [6.45, 7) is 3.34. The van der Waals surface area contributed by atoms with Crippen LogP contribution in [0.4, 0.5) is 32.0 Å². The second kappa shape index (κ2) is 13.1. The van der Waals surface area contributed by atoms with E-state index in [2.05, 4.69) is 15.1 Å². The summed E-state index contributed by atoms with van der Waals surface area (Å²) in [4.78, 5) is 17.3. The van der Waals surface area contributed by atoms with Crippen molar-refractivity contribution in [3.8, 4) is 11.5 Å². The maximum absolute atomic E-state index is 13.1. The second-order valence-electron chi connectivity index (χ2n) is 12.2. The fourth-order valence-corrected chi connectivity index (χ4v) is 6.32. The van der Waals surface area contributed by atoms with E-state index in [0.29, 0.717) is 37.6 Å². The van der Waals surface area contributed by atoms with Gasteiger partial charge in [0, 0.05) is 69.3 Å². The predicted octanol–water partition coefficient (Wildman–Crippen LogP) is 6.86. The third-order valence-electron chi connectivity index (χ3n) is 8.92. The summed E-state index contributed by atoms with van der Waals surface area (Å²) in [6, 6.07) is 16.0. The molecule has 1 N–H and O–H groups in total. The number of alkyl halides is 6. The van der Waals surface area contributed by atoms with Crippen LogP contribution < -0.4 is 19.7 Å². The lowest BCUT2D eigenvalue weighted by molar-refractivity contribution is -0.138. The summed E-state index contributed by atoms with van der Waals surface area (Å²) in [5.41, 5.74) is 1.16. The smallest absolute Gasteiger partial charge is 0.416 e. The minimum Gasteiger partial charge on any atom is -0.490 e. The standard InChI is InChI=1S/C34H35F6N3O3/c35-33(36,37)24-3-1-22(2-4-24)21-42-15-11-26(12-16-42)41-32(44)31-20-23-19-29(9-10-30(23)46-31)45-28-13-17-43(18-14-28)27-7-5-25(6-8-27)34(38,39)40/h1-10,19,26,28,31H,11-18,20-21H2,(H,41,44). The third kappa shape index (κ3) is 7.71. The largest absolute Gasteiger partial charge is 0.490 e. The van der Waals surface area contributed by atoms with Crippen LogP contribution in [-0.4, -0.2) is 55.2 Å². The molecule has 12 heteroatoms. The maximum atomic E-state index is 13.1. The molecule has 6 rings (SSSR count). The van der Waals surface area contributed by atoms with Gasteiger partial charge in [-0.15, -0.1) is 0 Å². The number of carbonyl (C=O) groups excluding carboxylic acids is 1. The number of amides is 1. The molecule has 0 aliphatic carbocycles. The molecule has 46 heavy (non-hydrogen) atoms. The molecule has 6 nitrogen and oxygen atoms in total. The Morgan fingerprint density at radius 3 is 2.02 bits per heavy atom. The average molecular weight is 648 g/mol. The number of halogens is 6. The molecular formula is C34H35F6N3O3. The third-order valence-corrected chi connectivity index (χ3v) is 8.92. The van der Waals surface area contributed by atoms with Crippen LogP contribution in [0.5, 0.6) is 11.5 Å². The van der Waals surface area contributed by atoms with Gasteiger partial charge in [0.15, 0.2) is 6.10 Å². The number of hydrogen-bond donors (Lipinski definition) is 1. The van der Waals surface area contributed by atoms with E-state index in [1.54, 1.807) is 0 Å². The molecule has 3 aromatic carbocycles. The van der Waals surface area contributed by atoms with E-state index in [1.807, 2.05) is 18.2 Å². The summed E-state index contributed by atoms with van der Waals surface area (Å²) in [5, 5.41) is 3.11. The van der Waals surface area contributed by atoms with E-state index in [0.717, 1.165) is 79.9 Å². The van der Waals surface area contributed by atoms with Crippen molar-refractivity contribution in [1.29, 1.82) is 0 Å². The highest BCUT2D eigenvalue weighted by atomic mass is 19.4. The lowest BCUT2D eigenvalue weighted by Crippen LogP contribution is -2.48. The molecule has 0 bridgehead atoms. The van der Waals surface area contributed by atoms with E-state index in [-0.39, 0.29) is 18.1 Å². The SMILES string of the molecule is O=C(NC1CCN(Cc2ccc(C(F)(F)F)cc2)CC1)C1Cc2cc(OC3CCN(c4ccc(C(F)(F)F)cc4)CC3)ccc2O1. The van der Waals surface area contributed by atoms with Gasteiger partial charge in [-0.2, -0.15) is 26.3 Å². The number of anilines is 1. The predicted molar refractivity (Wildman–Crippen MR) is 160 cm³/mol. The number of fused-ring (bicyclic) bond motifs is 1. The number of hydrogen-bond acceptors (Lipinski definition) is 5. The molecule has 2 saturated heterocycles. The molecule has 1 unspecified atom stereocenters. The van der Waals surface area contributed by atoms with Crippen LogP contribution >= 0.6 is 0 Å². The lowest BCUT2D eigenvalue weighted by Gasteiger charge is -2.34. The summed E-state index contributed by atoms with van der Waals surface area (Å²) < 4.78 is 89.3. The first-order chi connectivity index (χ1) is 21.9. The number of rotatable bonds is 7. The van der Waals surface area contributed by atoms with E-state index < -0.39 is 29.6 Å². The van der Waals surface area contributed by atoms with Crippen LogP contribution in [0.2, 0.25) is 0 Å². The van der Waals surface area contributed by atoms with Gasteiger partial charge in [-0.3, -0.25) is 9.69 Å². The summed E-state index contributed by atoms with van der Waals surface area (Å²) >= 11 is 0. The molecular weight excluding hydrogens is 612 g/mol. The van der Waals surface area contributed by atoms with E-state index in [1.165, 1.54) is 24.3 Å². The summed E-state index contributed by atoms with van der Waals surface area (Å²) in [5.74, 6) is 1.17. The van der Waals surface area contributed by atoms with Crippen molar-refractivity contribution < 1.29 is 40.6 Å². The van der Waals surface area contributed by atoms with Crippen molar-refractivity contribution in [2.45, 2.75) is 69.3 Å². The van der Waals surface area contributed by atoms with Gasteiger partial charge >= 0.3 is 12.4 Å². The molecule has 0 aromatic heterocycles. The number of benzene rings is 3. The van der Waals surface area contributed by atoms with Crippen LogP contribution in [0.15, 0.2) is 66.7 Å². The normalized spacial score (nSPS) is 19.9.